The molecule has 2 aliphatic rings. The monoisotopic (exact) mass is 295 g/mol. The maximum atomic E-state index is 12.3. The number of hydrogen-bond donors (Lipinski definition) is 1. The van der Waals surface area contributed by atoms with Crippen LogP contribution < -0.4 is 0 Å². The maximum Gasteiger partial charge on any atom is 0.254 e. The zero-order valence-electron chi connectivity index (χ0n) is 9.29. The number of fused-ring (bicyclic) bond motifs is 2. The molecule has 0 aromatic heterocycles. The molecule has 3 nitrogen and oxygen atoms in total. The summed E-state index contributed by atoms with van der Waals surface area (Å²) in [7, 11) is 0. The third-order valence-electron chi connectivity index (χ3n) is 3.80. The summed E-state index contributed by atoms with van der Waals surface area (Å²) in [5, 5.41) is 10.0. The number of alkyl halides is 1. The van der Waals surface area contributed by atoms with Crippen LogP contribution in [0.2, 0.25) is 0 Å². The highest BCUT2D eigenvalue weighted by Crippen LogP contribution is 2.42. The van der Waals surface area contributed by atoms with Crippen molar-refractivity contribution in [2.45, 2.75) is 23.4 Å². The van der Waals surface area contributed by atoms with Gasteiger partial charge in [-0.25, -0.2) is 0 Å². The average molecular weight is 296 g/mol. The standard InChI is InChI=1S/C13H14BrNO2/c14-10-6-9-7-15(11(10)12(9)16)13(17)8-4-2-1-3-5-8/h1-5,9-12,16H,6-7H2/t9-,10-,11-,12+/m0/s1. The van der Waals surface area contributed by atoms with Crippen LogP contribution in [0.25, 0.3) is 0 Å². The van der Waals surface area contributed by atoms with E-state index in [2.05, 4.69) is 15.9 Å². The van der Waals surface area contributed by atoms with E-state index in [1.165, 1.54) is 0 Å². The summed E-state index contributed by atoms with van der Waals surface area (Å²) in [4.78, 5) is 14.4. The van der Waals surface area contributed by atoms with Crippen molar-refractivity contribution in [2.75, 3.05) is 6.54 Å². The Morgan fingerprint density at radius 1 is 1.35 bits per heavy atom. The van der Waals surface area contributed by atoms with Crippen LogP contribution in [0.4, 0.5) is 0 Å². The van der Waals surface area contributed by atoms with Crippen molar-refractivity contribution < 1.29 is 9.90 Å². The fraction of sp³-hybridized carbons (Fsp3) is 0.462. The Morgan fingerprint density at radius 3 is 2.65 bits per heavy atom. The fourth-order valence-corrected chi connectivity index (χ4v) is 4.04. The van der Waals surface area contributed by atoms with Gasteiger partial charge in [0.05, 0.1) is 12.1 Å². The van der Waals surface area contributed by atoms with Crippen molar-refractivity contribution in [3.05, 3.63) is 35.9 Å². The second-order valence-corrected chi connectivity index (χ2v) is 5.99. The highest BCUT2D eigenvalue weighted by atomic mass is 79.9. The number of hydrogen-bond acceptors (Lipinski definition) is 2. The van der Waals surface area contributed by atoms with E-state index in [0.717, 1.165) is 6.42 Å². The summed E-state index contributed by atoms with van der Waals surface area (Å²) in [5.41, 5.74) is 0.701. The number of carbonyl (C=O) groups excluding carboxylic acids is 1. The highest BCUT2D eigenvalue weighted by molar-refractivity contribution is 9.09. The highest BCUT2D eigenvalue weighted by Gasteiger charge is 2.52. The number of likely N-dealkylation sites (tertiary alicyclic amines) is 1. The molecule has 1 aliphatic heterocycles. The molecule has 3 rings (SSSR count). The second kappa shape index (κ2) is 4.10. The van der Waals surface area contributed by atoms with Gasteiger partial charge in [0.2, 0.25) is 0 Å². The molecule has 1 aromatic carbocycles. The lowest BCUT2D eigenvalue weighted by atomic mass is 10.1. The quantitative estimate of drug-likeness (QED) is 0.801. The van der Waals surface area contributed by atoms with Crippen LogP contribution in [0, 0.1) is 5.92 Å². The Morgan fingerprint density at radius 2 is 2.06 bits per heavy atom. The van der Waals surface area contributed by atoms with Gasteiger partial charge in [-0.05, 0) is 18.6 Å². The van der Waals surface area contributed by atoms with Crippen molar-refractivity contribution in [1.29, 1.82) is 0 Å². The lowest BCUT2D eigenvalue weighted by Gasteiger charge is -2.30. The van der Waals surface area contributed by atoms with E-state index in [0.29, 0.717) is 12.1 Å². The minimum Gasteiger partial charge on any atom is -0.391 e. The summed E-state index contributed by atoms with van der Waals surface area (Å²) in [5.74, 6) is 0.262. The van der Waals surface area contributed by atoms with E-state index in [1.54, 1.807) is 0 Å². The van der Waals surface area contributed by atoms with E-state index < -0.39 is 0 Å². The number of halogens is 1. The van der Waals surface area contributed by atoms with E-state index in [-0.39, 0.29) is 28.8 Å². The normalized spacial score (nSPS) is 35.3. The molecule has 2 bridgehead atoms. The van der Waals surface area contributed by atoms with Gasteiger partial charge in [0, 0.05) is 22.9 Å². The molecule has 0 unspecified atom stereocenters. The van der Waals surface area contributed by atoms with Crippen molar-refractivity contribution in [2.24, 2.45) is 5.92 Å². The molecule has 1 saturated heterocycles. The number of nitrogens with zero attached hydrogens (tertiary/aromatic N) is 1. The first-order valence-corrected chi connectivity index (χ1v) is 6.78. The molecular formula is C13H14BrNO2. The largest absolute Gasteiger partial charge is 0.391 e. The van der Waals surface area contributed by atoms with Gasteiger partial charge in [-0.1, -0.05) is 34.1 Å². The van der Waals surface area contributed by atoms with E-state index in [4.69, 9.17) is 0 Å². The molecule has 1 aliphatic carbocycles. The maximum absolute atomic E-state index is 12.3. The molecule has 0 radical (unpaired) electrons. The van der Waals surface area contributed by atoms with Gasteiger partial charge in [-0.2, -0.15) is 0 Å². The molecule has 1 aromatic rings. The average Bonchev–Trinajstić information content (AvgIpc) is 2.81. The Labute approximate surface area is 109 Å². The Kier molecular flexibility index (Phi) is 2.71. The summed E-state index contributed by atoms with van der Waals surface area (Å²) in [6.07, 6.45) is 0.594. The summed E-state index contributed by atoms with van der Waals surface area (Å²) < 4.78 is 0. The second-order valence-electron chi connectivity index (χ2n) is 4.82. The number of piperidine rings is 1. The number of carbonyl (C=O) groups is 1. The predicted octanol–water partition coefficient (Wildman–Crippen LogP) is 1.66. The minimum absolute atomic E-state index is 0.0290. The van der Waals surface area contributed by atoms with Crippen molar-refractivity contribution in [3.63, 3.8) is 0 Å². The first-order chi connectivity index (χ1) is 8.18. The molecule has 1 saturated carbocycles. The SMILES string of the molecule is O=C(c1ccccc1)N1C[C@@H]2C[C@H](Br)[C@H]1[C@@H]2O. The van der Waals surface area contributed by atoms with Crippen LogP contribution >= 0.6 is 15.9 Å². The Hall–Kier alpha value is -0.870. The predicted molar refractivity (Wildman–Crippen MR) is 68.1 cm³/mol. The fourth-order valence-electron chi connectivity index (χ4n) is 2.96. The number of aliphatic hydroxyl groups is 1. The van der Waals surface area contributed by atoms with Crippen molar-refractivity contribution in [1.82, 2.24) is 4.90 Å². The summed E-state index contributed by atoms with van der Waals surface area (Å²) in [6, 6.07) is 9.21. The smallest absolute Gasteiger partial charge is 0.254 e. The van der Waals surface area contributed by atoms with Gasteiger partial charge in [0.1, 0.15) is 0 Å². The van der Waals surface area contributed by atoms with E-state index in [9.17, 15) is 9.90 Å². The molecule has 4 atom stereocenters. The molecule has 17 heavy (non-hydrogen) atoms. The number of benzene rings is 1. The minimum atomic E-state index is -0.368. The zero-order valence-corrected chi connectivity index (χ0v) is 10.9. The number of rotatable bonds is 1. The van der Waals surface area contributed by atoms with Gasteiger partial charge in [-0.3, -0.25) is 4.79 Å². The van der Waals surface area contributed by atoms with Crippen molar-refractivity contribution >= 4 is 21.8 Å². The lowest BCUT2D eigenvalue weighted by Crippen LogP contribution is -2.44. The molecule has 1 amide bonds. The van der Waals surface area contributed by atoms with Crippen molar-refractivity contribution in [3.8, 4) is 0 Å². The molecule has 4 heteroatoms. The van der Waals surface area contributed by atoms with Crippen LogP contribution in [-0.2, 0) is 0 Å². The third kappa shape index (κ3) is 1.70. The van der Waals surface area contributed by atoms with Crippen LogP contribution in [0.3, 0.4) is 0 Å². The van der Waals surface area contributed by atoms with E-state index in [1.807, 2.05) is 35.2 Å². The number of aliphatic hydroxyl groups excluding tert-OH is 1. The Bertz CT molecular complexity index is 436. The summed E-state index contributed by atoms with van der Waals surface area (Å²) in [6.45, 7) is 0.682. The van der Waals surface area contributed by atoms with Crippen LogP contribution in [0.1, 0.15) is 16.8 Å². The van der Waals surface area contributed by atoms with Gasteiger partial charge in [0.15, 0.2) is 0 Å². The van der Waals surface area contributed by atoms with Gasteiger partial charge in [-0.15, -0.1) is 0 Å². The Balaban J connectivity index is 1.85. The first-order valence-electron chi connectivity index (χ1n) is 5.86. The molecule has 1 heterocycles. The summed E-state index contributed by atoms with van der Waals surface area (Å²) >= 11 is 3.56. The zero-order chi connectivity index (χ0) is 12.0. The topological polar surface area (TPSA) is 40.5 Å². The van der Waals surface area contributed by atoms with Gasteiger partial charge >= 0.3 is 0 Å². The number of amides is 1. The van der Waals surface area contributed by atoms with E-state index >= 15 is 0 Å². The molecule has 0 spiro atoms. The first kappa shape index (κ1) is 11.2. The third-order valence-corrected chi connectivity index (χ3v) is 4.72. The van der Waals surface area contributed by atoms with Crippen LogP contribution in [-0.4, -0.2) is 39.4 Å². The van der Waals surface area contributed by atoms with Gasteiger partial charge < -0.3 is 10.0 Å². The molecule has 90 valence electrons. The molecular weight excluding hydrogens is 282 g/mol. The molecule has 2 fully saturated rings. The molecule has 1 N–H and O–H groups in total. The van der Waals surface area contributed by atoms with Gasteiger partial charge in [0.25, 0.3) is 5.91 Å². The van der Waals surface area contributed by atoms with Crippen LogP contribution in [0.5, 0.6) is 0 Å². The van der Waals surface area contributed by atoms with Crippen LogP contribution in [0.15, 0.2) is 30.3 Å². The lowest BCUT2D eigenvalue weighted by molar-refractivity contribution is 0.0659.